The number of hydrogen-bond donors (Lipinski definition) is 1. The molecule has 0 aliphatic heterocycles. The zero-order chi connectivity index (χ0) is 13.8. The van der Waals surface area contributed by atoms with E-state index in [0.29, 0.717) is 5.82 Å². The van der Waals surface area contributed by atoms with Crippen molar-refractivity contribution < 1.29 is 14.1 Å². The van der Waals surface area contributed by atoms with E-state index in [1.165, 1.54) is 30.5 Å². The van der Waals surface area contributed by atoms with Crippen LogP contribution in [0.15, 0.2) is 36.5 Å². The van der Waals surface area contributed by atoms with Crippen LogP contribution in [0, 0.1) is 15.9 Å². The Balaban J connectivity index is 2.40. The summed E-state index contributed by atoms with van der Waals surface area (Å²) in [6, 6.07) is 6.53. The first-order valence-electron chi connectivity index (χ1n) is 5.36. The SMILES string of the molecule is CNc1cc(Oc2c(F)cccc2[N+](=O)[O-])ccn1. The zero-order valence-electron chi connectivity index (χ0n) is 9.96. The Bertz CT molecular complexity index is 619. The van der Waals surface area contributed by atoms with Crippen LogP contribution in [0.25, 0.3) is 0 Å². The molecule has 0 fully saturated rings. The number of para-hydroxylation sites is 1. The molecule has 0 aliphatic carbocycles. The van der Waals surface area contributed by atoms with Crippen LogP contribution in [0.4, 0.5) is 15.9 Å². The minimum absolute atomic E-state index is 0.257. The standard InChI is InChI=1S/C12H10FN3O3/c1-14-11-7-8(5-6-15-11)19-12-9(13)3-2-4-10(12)16(17)18/h2-7H,1H3,(H,14,15). The molecule has 0 amide bonds. The van der Waals surface area contributed by atoms with Gasteiger partial charge in [0.2, 0.25) is 5.75 Å². The third kappa shape index (κ3) is 2.76. The van der Waals surface area contributed by atoms with Gasteiger partial charge in [0.25, 0.3) is 0 Å². The molecule has 6 nitrogen and oxygen atoms in total. The zero-order valence-corrected chi connectivity index (χ0v) is 9.96. The van der Waals surface area contributed by atoms with Gasteiger partial charge in [-0.2, -0.15) is 0 Å². The number of aromatic nitrogens is 1. The second-order valence-electron chi connectivity index (χ2n) is 3.57. The molecule has 98 valence electrons. The average molecular weight is 263 g/mol. The molecular formula is C12H10FN3O3. The summed E-state index contributed by atoms with van der Waals surface area (Å²) in [6.07, 6.45) is 1.45. The number of halogens is 1. The van der Waals surface area contributed by atoms with Crippen molar-refractivity contribution in [2.24, 2.45) is 0 Å². The van der Waals surface area contributed by atoms with E-state index in [4.69, 9.17) is 4.74 Å². The number of nitrogens with zero attached hydrogens (tertiary/aromatic N) is 2. The summed E-state index contributed by atoms with van der Waals surface area (Å²) in [6.45, 7) is 0. The molecular weight excluding hydrogens is 253 g/mol. The van der Waals surface area contributed by atoms with Crippen LogP contribution in [0.1, 0.15) is 0 Å². The highest BCUT2D eigenvalue weighted by atomic mass is 19.1. The number of anilines is 1. The van der Waals surface area contributed by atoms with E-state index in [2.05, 4.69) is 10.3 Å². The van der Waals surface area contributed by atoms with E-state index < -0.39 is 22.2 Å². The van der Waals surface area contributed by atoms with E-state index in [-0.39, 0.29) is 5.75 Å². The average Bonchev–Trinajstić information content (AvgIpc) is 2.41. The lowest BCUT2D eigenvalue weighted by molar-refractivity contribution is -0.385. The molecule has 0 saturated carbocycles. The molecule has 0 saturated heterocycles. The van der Waals surface area contributed by atoms with E-state index >= 15 is 0 Å². The molecule has 0 spiro atoms. The first-order chi connectivity index (χ1) is 9.11. The molecule has 0 radical (unpaired) electrons. The summed E-state index contributed by atoms with van der Waals surface area (Å²) in [7, 11) is 1.66. The van der Waals surface area contributed by atoms with Gasteiger partial charge in [-0.1, -0.05) is 6.07 Å². The summed E-state index contributed by atoms with van der Waals surface area (Å²) in [5.74, 6) is -0.443. The lowest BCUT2D eigenvalue weighted by Crippen LogP contribution is -1.97. The van der Waals surface area contributed by atoms with Crippen molar-refractivity contribution >= 4 is 11.5 Å². The summed E-state index contributed by atoms with van der Waals surface area (Å²) < 4.78 is 18.9. The number of nitro groups is 1. The van der Waals surface area contributed by atoms with Gasteiger partial charge in [0, 0.05) is 25.4 Å². The molecule has 0 aliphatic rings. The summed E-state index contributed by atoms with van der Waals surface area (Å²) in [4.78, 5) is 14.1. The molecule has 2 aromatic rings. The quantitative estimate of drug-likeness (QED) is 0.677. The monoisotopic (exact) mass is 263 g/mol. The summed E-state index contributed by atoms with van der Waals surface area (Å²) in [5, 5.41) is 13.6. The fraction of sp³-hybridized carbons (Fsp3) is 0.0833. The number of nitro benzene ring substituents is 1. The molecule has 1 N–H and O–H groups in total. The van der Waals surface area contributed by atoms with Crippen molar-refractivity contribution in [3.8, 4) is 11.5 Å². The number of ether oxygens (including phenoxy) is 1. The van der Waals surface area contributed by atoms with Gasteiger partial charge in [-0.3, -0.25) is 10.1 Å². The molecule has 19 heavy (non-hydrogen) atoms. The van der Waals surface area contributed by atoms with Crippen LogP contribution in [-0.2, 0) is 0 Å². The maximum atomic E-state index is 13.6. The Morgan fingerprint density at radius 1 is 1.42 bits per heavy atom. The molecule has 0 bridgehead atoms. The van der Waals surface area contributed by atoms with Crippen molar-refractivity contribution in [1.82, 2.24) is 4.98 Å². The fourth-order valence-electron chi connectivity index (χ4n) is 1.47. The van der Waals surface area contributed by atoms with Crippen LogP contribution in [-0.4, -0.2) is 17.0 Å². The molecule has 2 rings (SSSR count). The highest BCUT2D eigenvalue weighted by molar-refractivity contribution is 5.50. The van der Waals surface area contributed by atoms with Crippen LogP contribution >= 0.6 is 0 Å². The van der Waals surface area contributed by atoms with Crippen molar-refractivity contribution in [3.05, 3.63) is 52.5 Å². The Morgan fingerprint density at radius 2 is 2.21 bits per heavy atom. The largest absolute Gasteiger partial charge is 0.447 e. The van der Waals surface area contributed by atoms with Crippen molar-refractivity contribution in [2.45, 2.75) is 0 Å². The van der Waals surface area contributed by atoms with E-state index in [1.54, 1.807) is 7.05 Å². The number of rotatable bonds is 4. The van der Waals surface area contributed by atoms with Crippen LogP contribution < -0.4 is 10.1 Å². The predicted molar refractivity (Wildman–Crippen MR) is 66.9 cm³/mol. The third-order valence-electron chi connectivity index (χ3n) is 2.35. The van der Waals surface area contributed by atoms with Gasteiger partial charge < -0.3 is 10.1 Å². The Hall–Kier alpha value is -2.70. The van der Waals surface area contributed by atoms with E-state index in [9.17, 15) is 14.5 Å². The van der Waals surface area contributed by atoms with E-state index in [1.807, 2.05) is 0 Å². The minimum atomic E-state index is -0.794. The van der Waals surface area contributed by atoms with Crippen molar-refractivity contribution in [1.29, 1.82) is 0 Å². The van der Waals surface area contributed by atoms with Gasteiger partial charge in [-0.15, -0.1) is 0 Å². The Morgan fingerprint density at radius 3 is 2.89 bits per heavy atom. The number of pyridine rings is 1. The topological polar surface area (TPSA) is 77.3 Å². The molecule has 1 heterocycles. The van der Waals surface area contributed by atoms with Gasteiger partial charge in [-0.05, 0) is 12.1 Å². The molecule has 1 aromatic carbocycles. The number of hydrogen-bond acceptors (Lipinski definition) is 5. The first kappa shape index (κ1) is 12.7. The maximum absolute atomic E-state index is 13.6. The van der Waals surface area contributed by atoms with Gasteiger partial charge in [-0.25, -0.2) is 9.37 Å². The maximum Gasteiger partial charge on any atom is 0.314 e. The van der Waals surface area contributed by atoms with E-state index in [0.717, 1.165) is 6.07 Å². The second kappa shape index (κ2) is 5.30. The highest BCUT2D eigenvalue weighted by Gasteiger charge is 2.20. The summed E-state index contributed by atoms with van der Waals surface area (Å²) >= 11 is 0. The lowest BCUT2D eigenvalue weighted by atomic mass is 10.3. The smallest absolute Gasteiger partial charge is 0.314 e. The van der Waals surface area contributed by atoms with Crippen LogP contribution in [0.3, 0.4) is 0 Å². The number of nitrogens with one attached hydrogen (secondary N) is 1. The van der Waals surface area contributed by atoms with Gasteiger partial charge >= 0.3 is 5.69 Å². The lowest BCUT2D eigenvalue weighted by Gasteiger charge is -2.08. The number of benzene rings is 1. The molecule has 7 heteroatoms. The Labute approximate surface area is 108 Å². The predicted octanol–water partition coefficient (Wildman–Crippen LogP) is 2.96. The second-order valence-corrected chi connectivity index (χ2v) is 3.57. The van der Waals surface area contributed by atoms with Gasteiger partial charge in [0.1, 0.15) is 11.6 Å². The first-order valence-corrected chi connectivity index (χ1v) is 5.36. The summed E-state index contributed by atoms with van der Waals surface area (Å²) in [5.41, 5.74) is -0.428. The normalized spacial score (nSPS) is 10.0. The van der Waals surface area contributed by atoms with Crippen molar-refractivity contribution in [3.63, 3.8) is 0 Å². The minimum Gasteiger partial charge on any atom is -0.447 e. The molecule has 0 unspecified atom stereocenters. The fourth-order valence-corrected chi connectivity index (χ4v) is 1.47. The van der Waals surface area contributed by atoms with Crippen LogP contribution in [0.5, 0.6) is 11.5 Å². The van der Waals surface area contributed by atoms with Gasteiger partial charge in [0.05, 0.1) is 4.92 Å². The molecule has 0 atom stereocenters. The third-order valence-corrected chi connectivity index (χ3v) is 2.35. The van der Waals surface area contributed by atoms with Crippen LogP contribution in [0.2, 0.25) is 0 Å². The highest BCUT2D eigenvalue weighted by Crippen LogP contribution is 2.34. The van der Waals surface area contributed by atoms with Crippen molar-refractivity contribution in [2.75, 3.05) is 12.4 Å². The molecule has 1 aromatic heterocycles. The van der Waals surface area contributed by atoms with Gasteiger partial charge in [0.15, 0.2) is 5.82 Å². The Kier molecular flexibility index (Phi) is 3.56.